The molecule has 1 aromatic carbocycles. The highest BCUT2D eigenvalue weighted by molar-refractivity contribution is 6.41. The number of hydrogen-bond acceptors (Lipinski definition) is 5. The minimum absolute atomic E-state index is 0.220. The fraction of sp³-hybridized carbons (Fsp3) is 0.263. The van der Waals surface area contributed by atoms with Gasteiger partial charge in [0.2, 0.25) is 0 Å². The van der Waals surface area contributed by atoms with E-state index in [1.54, 1.807) is 31.2 Å². The summed E-state index contributed by atoms with van der Waals surface area (Å²) in [6, 6.07) is 7.11. The third kappa shape index (κ3) is 2.52. The van der Waals surface area contributed by atoms with Crippen LogP contribution < -0.4 is 10.2 Å². The molecule has 0 atom stereocenters. The van der Waals surface area contributed by atoms with Gasteiger partial charge in [-0.05, 0) is 38.1 Å². The Hall–Kier alpha value is -3.22. The molecule has 0 unspecified atom stereocenters. The number of nitrogens with one attached hydrogen (secondary N) is 1. The third-order valence-electron chi connectivity index (χ3n) is 4.63. The van der Waals surface area contributed by atoms with Gasteiger partial charge in [-0.1, -0.05) is 0 Å². The summed E-state index contributed by atoms with van der Waals surface area (Å²) in [5.74, 6) is 0.0604. The average Bonchev–Trinajstić information content (AvgIpc) is 3.05. The molecule has 3 heterocycles. The normalized spacial score (nSPS) is 18.5. The minimum atomic E-state index is -0.599. The number of carbonyl (C=O) groups is 2. The van der Waals surface area contributed by atoms with Crippen molar-refractivity contribution >= 4 is 34.2 Å². The molecule has 1 aromatic heterocycles. The van der Waals surface area contributed by atoms with Gasteiger partial charge in [-0.3, -0.25) is 9.59 Å². The van der Waals surface area contributed by atoms with Crippen molar-refractivity contribution < 1.29 is 23.8 Å². The molecule has 2 N–H and O–H groups in total. The molecule has 1 fully saturated rings. The molecule has 7 nitrogen and oxygen atoms in total. The Labute approximate surface area is 149 Å². The summed E-state index contributed by atoms with van der Waals surface area (Å²) in [5, 5.41) is 13.5. The van der Waals surface area contributed by atoms with E-state index in [4.69, 9.17) is 9.15 Å². The minimum Gasteiger partial charge on any atom is -0.507 e. The van der Waals surface area contributed by atoms with Crippen LogP contribution in [0.2, 0.25) is 0 Å². The maximum atomic E-state index is 12.1. The quantitative estimate of drug-likeness (QED) is 0.809. The van der Waals surface area contributed by atoms with Gasteiger partial charge in [0.05, 0.1) is 0 Å². The molecule has 2 aliphatic heterocycles. The molecule has 0 radical (unpaired) electrons. The van der Waals surface area contributed by atoms with Crippen LogP contribution in [0.5, 0.6) is 0 Å². The van der Waals surface area contributed by atoms with Crippen molar-refractivity contribution in [3.63, 3.8) is 0 Å². The Morgan fingerprint density at radius 3 is 2.81 bits per heavy atom. The van der Waals surface area contributed by atoms with E-state index in [0.29, 0.717) is 48.1 Å². The summed E-state index contributed by atoms with van der Waals surface area (Å²) in [4.78, 5) is 25.1. The zero-order chi connectivity index (χ0) is 18.4. The number of anilines is 1. The Balaban J connectivity index is 1.73. The number of aliphatic hydroxyl groups excluding tert-OH is 1. The molecule has 0 aliphatic carbocycles. The number of rotatable bonds is 2. The number of ether oxygens (including phenoxy) is 1. The number of fused-ring (bicyclic) bond motifs is 1. The Kier molecular flexibility index (Phi) is 3.72. The van der Waals surface area contributed by atoms with E-state index in [2.05, 4.69) is 5.32 Å². The van der Waals surface area contributed by atoms with Crippen molar-refractivity contribution in [3.05, 3.63) is 46.9 Å². The van der Waals surface area contributed by atoms with E-state index in [1.165, 1.54) is 4.90 Å². The van der Waals surface area contributed by atoms with Gasteiger partial charge in [0.25, 0.3) is 0 Å². The lowest BCUT2D eigenvalue weighted by molar-refractivity contribution is -0.138. The summed E-state index contributed by atoms with van der Waals surface area (Å²) in [6.07, 6.45) is 0. The van der Waals surface area contributed by atoms with Crippen molar-refractivity contribution in [2.24, 2.45) is 0 Å². The van der Waals surface area contributed by atoms with Crippen molar-refractivity contribution in [1.82, 2.24) is 5.32 Å². The Morgan fingerprint density at radius 1 is 1.19 bits per heavy atom. The Morgan fingerprint density at radius 2 is 2.00 bits per heavy atom. The number of piperazine rings is 1. The fourth-order valence-electron chi connectivity index (χ4n) is 3.18. The summed E-state index contributed by atoms with van der Waals surface area (Å²) < 4.78 is 11.6. The standard InChI is InChI=1S/C19H18N2O5/c1-10-9-25-17(11(2)16(10)22)15-8-12-7-13(3-4-14(12)26-15)21-6-5-20-18(23)19(21)24/h3-4,7-8,22H,5-6,9H2,1-2H3,(H,20,23). The topological polar surface area (TPSA) is 92.0 Å². The number of amides is 2. The summed E-state index contributed by atoms with van der Waals surface area (Å²) >= 11 is 0. The first-order chi connectivity index (χ1) is 12.5. The predicted molar refractivity (Wildman–Crippen MR) is 95.5 cm³/mol. The van der Waals surface area contributed by atoms with Crippen LogP contribution >= 0.6 is 0 Å². The highest BCUT2D eigenvalue weighted by Crippen LogP contribution is 2.34. The number of carbonyl (C=O) groups excluding carboxylic acids is 2. The first-order valence-electron chi connectivity index (χ1n) is 8.32. The predicted octanol–water partition coefficient (Wildman–Crippen LogP) is 2.49. The number of benzene rings is 1. The van der Waals surface area contributed by atoms with Crippen molar-refractivity contribution in [2.45, 2.75) is 13.8 Å². The molecule has 26 heavy (non-hydrogen) atoms. The summed E-state index contributed by atoms with van der Waals surface area (Å²) in [6.45, 7) is 4.73. The fourth-order valence-corrected chi connectivity index (χ4v) is 3.18. The van der Waals surface area contributed by atoms with E-state index < -0.39 is 11.8 Å². The second kappa shape index (κ2) is 5.94. The molecule has 0 saturated carbocycles. The van der Waals surface area contributed by atoms with Crippen LogP contribution in [0.15, 0.2) is 45.6 Å². The number of hydrogen-bond donors (Lipinski definition) is 2. The van der Waals surface area contributed by atoms with Crippen LogP contribution in [0.3, 0.4) is 0 Å². The van der Waals surface area contributed by atoms with Gasteiger partial charge >= 0.3 is 11.8 Å². The highest BCUT2D eigenvalue weighted by atomic mass is 16.5. The third-order valence-corrected chi connectivity index (χ3v) is 4.63. The maximum Gasteiger partial charge on any atom is 0.316 e. The zero-order valence-corrected chi connectivity index (χ0v) is 14.5. The second-order valence-electron chi connectivity index (χ2n) is 6.42. The molecule has 1 saturated heterocycles. The van der Waals surface area contributed by atoms with Gasteiger partial charge in [-0.15, -0.1) is 0 Å². The molecule has 2 aromatic rings. The smallest absolute Gasteiger partial charge is 0.316 e. The molecule has 7 heteroatoms. The number of furan rings is 1. The molecule has 134 valence electrons. The lowest BCUT2D eigenvalue weighted by Crippen LogP contribution is -2.52. The van der Waals surface area contributed by atoms with Crippen molar-refractivity contribution in [1.29, 1.82) is 0 Å². The second-order valence-corrected chi connectivity index (χ2v) is 6.42. The maximum absolute atomic E-state index is 12.1. The molecule has 2 amide bonds. The molecule has 2 aliphatic rings. The van der Waals surface area contributed by atoms with Crippen LogP contribution in [0.25, 0.3) is 16.7 Å². The summed E-state index contributed by atoms with van der Waals surface area (Å²) in [5.41, 5.74) is 2.66. The first-order valence-corrected chi connectivity index (χ1v) is 8.32. The van der Waals surface area contributed by atoms with Crippen LogP contribution in [0.1, 0.15) is 19.6 Å². The molecule has 4 rings (SSSR count). The van der Waals surface area contributed by atoms with E-state index in [9.17, 15) is 14.7 Å². The molecular formula is C19H18N2O5. The Bertz CT molecular complexity index is 999. The van der Waals surface area contributed by atoms with Gasteiger partial charge in [-0.2, -0.15) is 0 Å². The lowest BCUT2D eigenvalue weighted by Gasteiger charge is -2.26. The highest BCUT2D eigenvalue weighted by Gasteiger charge is 2.28. The van der Waals surface area contributed by atoms with Crippen LogP contribution in [0.4, 0.5) is 5.69 Å². The molecular weight excluding hydrogens is 336 g/mol. The lowest BCUT2D eigenvalue weighted by atomic mass is 10.1. The van der Waals surface area contributed by atoms with Crippen LogP contribution in [-0.4, -0.2) is 36.6 Å². The monoisotopic (exact) mass is 354 g/mol. The first kappa shape index (κ1) is 16.3. The molecule has 0 bridgehead atoms. The van der Waals surface area contributed by atoms with Gasteiger partial charge in [0.1, 0.15) is 17.9 Å². The number of aliphatic hydroxyl groups is 1. The number of allylic oxidation sites excluding steroid dienone is 1. The van der Waals surface area contributed by atoms with E-state index >= 15 is 0 Å². The van der Waals surface area contributed by atoms with E-state index in [1.807, 2.05) is 6.92 Å². The van der Waals surface area contributed by atoms with Gasteiger partial charge < -0.3 is 24.5 Å². The van der Waals surface area contributed by atoms with Gasteiger partial charge in [0, 0.05) is 35.3 Å². The average molecular weight is 354 g/mol. The summed E-state index contributed by atoms with van der Waals surface area (Å²) in [7, 11) is 0. The van der Waals surface area contributed by atoms with E-state index in [0.717, 1.165) is 11.0 Å². The van der Waals surface area contributed by atoms with Crippen LogP contribution in [0, 0.1) is 0 Å². The molecule has 0 spiro atoms. The largest absolute Gasteiger partial charge is 0.507 e. The zero-order valence-electron chi connectivity index (χ0n) is 14.5. The van der Waals surface area contributed by atoms with E-state index in [-0.39, 0.29) is 5.76 Å². The number of nitrogens with zero attached hydrogens (tertiary/aromatic N) is 1. The van der Waals surface area contributed by atoms with Gasteiger partial charge in [-0.25, -0.2) is 0 Å². The van der Waals surface area contributed by atoms with Crippen molar-refractivity contribution in [3.8, 4) is 0 Å². The van der Waals surface area contributed by atoms with Crippen molar-refractivity contribution in [2.75, 3.05) is 24.6 Å². The van der Waals surface area contributed by atoms with Gasteiger partial charge in [0.15, 0.2) is 11.5 Å². The van der Waals surface area contributed by atoms with Crippen LogP contribution in [-0.2, 0) is 14.3 Å². The SMILES string of the molecule is CC1=C(O)C(C)=C(c2cc3cc(N4CCNC(=O)C4=O)ccc3o2)OC1.